The number of benzene rings is 1. The first-order chi connectivity index (χ1) is 11.8. The molecule has 0 radical (unpaired) electrons. The van der Waals surface area contributed by atoms with Gasteiger partial charge in [0.1, 0.15) is 22.1 Å². The Labute approximate surface area is 163 Å². The minimum atomic E-state index is -4.26. The van der Waals surface area contributed by atoms with Crippen LogP contribution in [0.15, 0.2) is 17.0 Å². The molecular weight excluding hydrogens is 404 g/mol. The third-order valence-electron chi connectivity index (χ3n) is 3.84. The Morgan fingerprint density at radius 2 is 1.74 bits per heavy atom. The number of carbonyl (C=O) groups excluding carboxylic acids is 1. The number of ether oxygens (including phenoxy) is 1. The molecule has 0 aromatic heterocycles. The van der Waals surface area contributed by atoms with Crippen LogP contribution in [0.4, 0.5) is 14.5 Å². The van der Waals surface area contributed by atoms with Gasteiger partial charge in [-0.05, 0) is 39.7 Å². The molecule has 1 amide bonds. The van der Waals surface area contributed by atoms with Gasteiger partial charge in [-0.15, -0.1) is 12.4 Å². The molecule has 1 heterocycles. The molecule has 1 fully saturated rings. The number of nitrogens with two attached hydrogens (primary N) is 1. The molecule has 0 saturated carbocycles. The van der Waals surface area contributed by atoms with Crippen LogP contribution in [-0.4, -0.2) is 38.6 Å². The normalized spacial score (nSPS) is 17.1. The molecule has 1 aliphatic heterocycles. The van der Waals surface area contributed by atoms with E-state index in [9.17, 15) is 22.0 Å². The maximum absolute atomic E-state index is 14.1. The molecule has 2 rings (SSSR count). The van der Waals surface area contributed by atoms with Crippen LogP contribution < -0.4 is 15.8 Å². The van der Waals surface area contributed by atoms with Gasteiger partial charge in [-0.25, -0.2) is 21.9 Å². The molecule has 0 atom stereocenters. The highest BCUT2D eigenvalue weighted by molar-refractivity contribution is 7.89. The molecule has 0 aliphatic carbocycles. The van der Waals surface area contributed by atoms with Crippen molar-refractivity contribution in [2.24, 2.45) is 5.73 Å². The topological polar surface area (TPSA) is 111 Å². The maximum Gasteiger partial charge on any atom is 0.244 e. The molecule has 0 bridgehead atoms. The van der Waals surface area contributed by atoms with Gasteiger partial charge in [0.05, 0.1) is 5.69 Å². The summed E-state index contributed by atoms with van der Waals surface area (Å²) in [6, 6.07) is 1.17. The molecule has 0 unspecified atom stereocenters. The summed E-state index contributed by atoms with van der Waals surface area (Å²) in [6.07, 6.45) is 0.469. The first kappa shape index (κ1) is 23.7. The zero-order valence-electron chi connectivity index (χ0n) is 15.3. The second-order valence-electron chi connectivity index (χ2n) is 7.34. The van der Waals surface area contributed by atoms with Crippen molar-refractivity contribution in [2.45, 2.75) is 49.6 Å². The van der Waals surface area contributed by atoms with E-state index in [1.807, 2.05) is 0 Å². The number of hydrogen-bond donors (Lipinski definition) is 3. The van der Waals surface area contributed by atoms with Crippen LogP contribution in [0, 0.1) is 11.6 Å². The van der Waals surface area contributed by atoms with Crippen LogP contribution in [0.5, 0.6) is 0 Å². The lowest BCUT2D eigenvalue weighted by Crippen LogP contribution is -2.54. The fraction of sp³-hybridized carbons (Fsp3) is 0.562. The molecule has 0 spiro atoms. The van der Waals surface area contributed by atoms with Gasteiger partial charge in [-0.3, -0.25) is 4.79 Å². The van der Waals surface area contributed by atoms with E-state index in [0.717, 1.165) is 6.07 Å². The third kappa shape index (κ3) is 5.82. The molecule has 1 aliphatic rings. The maximum atomic E-state index is 14.1. The quantitative estimate of drug-likeness (QED) is 0.679. The second kappa shape index (κ2) is 8.36. The number of nitrogens with one attached hydrogen (secondary N) is 2. The predicted molar refractivity (Wildman–Crippen MR) is 99.3 cm³/mol. The summed E-state index contributed by atoms with van der Waals surface area (Å²) in [5.74, 6) is -3.04. The minimum absolute atomic E-state index is 0. The van der Waals surface area contributed by atoms with E-state index in [4.69, 9.17) is 10.5 Å². The van der Waals surface area contributed by atoms with Crippen LogP contribution in [-0.2, 0) is 19.6 Å². The highest BCUT2D eigenvalue weighted by Gasteiger charge is 2.36. The second-order valence-corrected chi connectivity index (χ2v) is 8.99. The Balaban J connectivity index is 0.00000364. The van der Waals surface area contributed by atoms with Gasteiger partial charge in [0.15, 0.2) is 0 Å². The summed E-state index contributed by atoms with van der Waals surface area (Å²) in [5, 5.41) is 2.27. The summed E-state index contributed by atoms with van der Waals surface area (Å²) in [6.45, 7) is 5.31. The van der Waals surface area contributed by atoms with E-state index >= 15 is 0 Å². The molecule has 1 saturated heterocycles. The Kier molecular flexibility index (Phi) is 7.34. The number of rotatable bonds is 4. The van der Waals surface area contributed by atoms with Crippen molar-refractivity contribution in [3.8, 4) is 0 Å². The third-order valence-corrected chi connectivity index (χ3v) is 5.61. The van der Waals surface area contributed by atoms with E-state index < -0.39 is 49.2 Å². The number of sulfonamides is 1. The van der Waals surface area contributed by atoms with Crippen LogP contribution in [0.3, 0.4) is 0 Å². The van der Waals surface area contributed by atoms with Gasteiger partial charge in [0.2, 0.25) is 15.9 Å². The first-order valence-electron chi connectivity index (χ1n) is 8.05. The van der Waals surface area contributed by atoms with E-state index in [2.05, 4.69) is 10.0 Å². The SMILES string of the molecule is CC(C)(C)NS(=O)(=O)c1cc(NC(=O)C2(N)CCOCC2)c(F)cc1F.Cl. The van der Waals surface area contributed by atoms with E-state index in [-0.39, 0.29) is 38.5 Å². The number of halogens is 3. The standard InChI is InChI=1S/C16H23F2N3O4S.ClH/c1-15(2,3)21-26(23,24)13-9-12(10(17)8-11(13)18)20-14(22)16(19)4-6-25-7-5-16;/h8-9,21H,4-7,19H2,1-3H3,(H,20,22);1H. The predicted octanol–water partition coefficient (Wildman–Crippen LogP) is 1.91. The lowest BCUT2D eigenvalue weighted by molar-refractivity contribution is -0.124. The summed E-state index contributed by atoms with van der Waals surface area (Å²) >= 11 is 0. The van der Waals surface area contributed by atoms with Crippen molar-refractivity contribution in [3.63, 3.8) is 0 Å². The first-order valence-corrected chi connectivity index (χ1v) is 9.53. The van der Waals surface area contributed by atoms with E-state index in [0.29, 0.717) is 6.07 Å². The number of amides is 1. The van der Waals surface area contributed by atoms with Gasteiger partial charge in [0.25, 0.3) is 0 Å². The Morgan fingerprint density at radius 1 is 1.19 bits per heavy atom. The van der Waals surface area contributed by atoms with Gasteiger partial charge in [-0.2, -0.15) is 0 Å². The lowest BCUT2D eigenvalue weighted by atomic mass is 9.90. The molecule has 1 aromatic rings. The molecule has 11 heteroatoms. The van der Waals surface area contributed by atoms with Crippen molar-refractivity contribution in [1.82, 2.24) is 4.72 Å². The Bertz CT molecular complexity index is 807. The number of hydrogen-bond acceptors (Lipinski definition) is 5. The molecule has 154 valence electrons. The summed E-state index contributed by atoms with van der Waals surface area (Å²) in [5.41, 5.74) is 3.43. The van der Waals surface area contributed by atoms with Crippen molar-refractivity contribution in [1.29, 1.82) is 0 Å². The summed E-state index contributed by atoms with van der Waals surface area (Å²) in [4.78, 5) is 11.6. The fourth-order valence-corrected chi connectivity index (χ4v) is 4.00. The van der Waals surface area contributed by atoms with Crippen LogP contribution in [0.2, 0.25) is 0 Å². The molecule has 7 nitrogen and oxygen atoms in total. The largest absolute Gasteiger partial charge is 0.381 e. The van der Waals surface area contributed by atoms with Crippen molar-refractivity contribution in [3.05, 3.63) is 23.8 Å². The van der Waals surface area contributed by atoms with E-state index in [1.165, 1.54) is 0 Å². The Morgan fingerprint density at radius 3 is 2.26 bits per heavy atom. The number of carbonyl (C=O) groups is 1. The molecule has 4 N–H and O–H groups in total. The monoisotopic (exact) mass is 427 g/mol. The zero-order valence-corrected chi connectivity index (χ0v) is 16.9. The minimum Gasteiger partial charge on any atom is -0.381 e. The zero-order chi connectivity index (χ0) is 19.8. The van der Waals surface area contributed by atoms with Gasteiger partial charge >= 0.3 is 0 Å². The fourth-order valence-electron chi connectivity index (χ4n) is 2.50. The average molecular weight is 428 g/mol. The van der Waals surface area contributed by atoms with Gasteiger partial charge < -0.3 is 15.8 Å². The smallest absolute Gasteiger partial charge is 0.244 e. The lowest BCUT2D eigenvalue weighted by Gasteiger charge is -2.31. The Hall–Kier alpha value is -1.33. The number of anilines is 1. The highest BCUT2D eigenvalue weighted by atomic mass is 35.5. The van der Waals surface area contributed by atoms with Crippen LogP contribution in [0.25, 0.3) is 0 Å². The van der Waals surface area contributed by atoms with Gasteiger partial charge in [0, 0.05) is 24.8 Å². The molecular formula is C16H24ClF2N3O4S. The average Bonchev–Trinajstić information content (AvgIpc) is 2.47. The van der Waals surface area contributed by atoms with E-state index in [1.54, 1.807) is 20.8 Å². The van der Waals surface area contributed by atoms with Gasteiger partial charge in [-0.1, -0.05) is 0 Å². The highest BCUT2D eigenvalue weighted by Crippen LogP contribution is 2.26. The van der Waals surface area contributed by atoms with Crippen LogP contribution >= 0.6 is 12.4 Å². The summed E-state index contributed by atoms with van der Waals surface area (Å²) < 4.78 is 60.3. The van der Waals surface area contributed by atoms with Crippen LogP contribution in [0.1, 0.15) is 33.6 Å². The molecule has 27 heavy (non-hydrogen) atoms. The summed E-state index contributed by atoms with van der Waals surface area (Å²) in [7, 11) is -4.26. The molecule has 1 aromatic carbocycles. The van der Waals surface area contributed by atoms with Crippen molar-refractivity contribution in [2.75, 3.05) is 18.5 Å². The van der Waals surface area contributed by atoms with Crippen molar-refractivity contribution >= 4 is 34.0 Å². The van der Waals surface area contributed by atoms with Crippen molar-refractivity contribution < 1.29 is 26.7 Å².